The molecular weight excluding hydrogens is 494 g/mol. The van der Waals surface area contributed by atoms with Gasteiger partial charge in [0.05, 0.1) is 19.0 Å². The summed E-state index contributed by atoms with van der Waals surface area (Å²) >= 11 is 0. The molecule has 1 aliphatic heterocycles. The number of aromatic nitrogens is 6. The third-order valence-corrected chi connectivity index (χ3v) is 6.89. The van der Waals surface area contributed by atoms with Crippen LogP contribution in [0.25, 0.3) is 22.8 Å². The molecule has 1 saturated carbocycles. The number of rotatable bonds is 5. The van der Waals surface area contributed by atoms with Crippen LogP contribution in [0, 0.1) is 23.6 Å². The molecule has 3 atom stereocenters. The van der Waals surface area contributed by atoms with Gasteiger partial charge in [0.15, 0.2) is 22.8 Å². The number of hydrogen-bond donors (Lipinski definition) is 0. The molecular formula is C24H19F4N7O2. The summed E-state index contributed by atoms with van der Waals surface area (Å²) in [5.41, 5.74) is 0.279. The highest BCUT2D eigenvalue weighted by Gasteiger charge is 2.57. The first-order valence-corrected chi connectivity index (χ1v) is 11.5. The Hall–Kier alpha value is -4.16. The standard InChI is InChI=1S/C24H19F4N7O2/c1-34-21(16-5-4-12(25)7-30-16)33-20-22(34)32-17(8-31-20)23(36)35-9-13-14(10-35)15(13)11-37-18-3-2-6-29-19(18)24(26,27)28/h2-8,13-15H,9-11H2,1H3/t13-,14+,15?. The van der Waals surface area contributed by atoms with Crippen LogP contribution in [0.4, 0.5) is 17.6 Å². The highest BCUT2D eigenvalue weighted by atomic mass is 19.4. The van der Waals surface area contributed by atoms with Gasteiger partial charge in [-0.15, -0.1) is 0 Å². The maximum atomic E-state index is 13.2. The van der Waals surface area contributed by atoms with E-state index in [0.717, 1.165) is 12.4 Å². The lowest BCUT2D eigenvalue weighted by atomic mass is 10.2. The van der Waals surface area contributed by atoms with E-state index in [-0.39, 0.29) is 41.7 Å². The average Bonchev–Trinajstić information content (AvgIpc) is 3.18. The third kappa shape index (κ3) is 4.13. The van der Waals surface area contributed by atoms with Crippen LogP contribution in [0.1, 0.15) is 16.2 Å². The van der Waals surface area contributed by atoms with Crippen LogP contribution in [0.2, 0.25) is 0 Å². The molecule has 2 aliphatic rings. The molecule has 0 N–H and O–H groups in total. The second-order valence-corrected chi connectivity index (χ2v) is 9.12. The molecule has 13 heteroatoms. The first-order valence-electron chi connectivity index (χ1n) is 11.5. The molecule has 9 nitrogen and oxygen atoms in total. The second kappa shape index (κ2) is 8.46. The van der Waals surface area contributed by atoms with E-state index in [4.69, 9.17) is 4.74 Å². The van der Waals surface area contributed by atoms with Crippen LogP contribution < -0.4 is 4.74 Å². The van der Waals surface area contributed by atoms with Gasteiger partial charge in [-0.3, -0.25) is 4.79 Å². The molecule has 0 bridgehead atoms. The van der Waals surface area contributed by atoms with Crippen molar-refractivity contribution in [2.45, 2.75) is 6.18 Å². The molecule has 4 aromatic rings. The zero-order valence-corrected chi connectivity index (χ0v) is 19.4. The number of hydrogen-bond acceptors (Lipinski definition) is 7. The number of halogens is 4. The van der Waals surface area contributed by atoms with Crippen molar-refractivity contribution in [1.29, 1.82) is 0 Å². The fraction of sp³-hybridized carbons (Fsp3) is 0.333. The van der Waals surface area contributed by atoms with E-state index >= 15 is 0 Å². The van der Waals surface area contributed by atoms with Gasteiger partial charge in [-0.2, -0.15) is 13.2 Å². The van der Waals surface area contributed by atoms with Crippen molar-refractivity contribution in [3.8, 4) is 17.3 Å². The van der Waals surface area contributed by atoms with Gasteiger partial charge in [-0.1, -0.05) is 0 Å². The molecule has 6 rings (SSSR count). The zero-order valence-electron chi connectivity index (χ0n) is 19.4. The van der Waals surface area contributed by atoms with Gasteiger partial charge in [0.1, 0.15) is 23.0 Å². The Labute approximate surface area is 207 Å². The Balaban J connectivity index is 1.11. The van der Waals surface area contributed by atoms with Crippen molar-refractivity contribution < 1.29 is 27.1 Å². The maximum Gasteiger partial charge on any atom is 0.437 e. The number of alkyl halides is 3. The first kappa shape index (κ1) is 23.3. The Morgan fingerprint density at radius 2 is 1.86 bits per heavy atom. The molecule has 0 radical (unpaired) electrons. The van der Waals surface area contributed by atoms with Gasteiger partial charge in [-0.25, -0.2) is 29.3 Å². The van der Waals surface area contributed by atoms with Crippen LogP contribution >= 0.6 is 0 Å². The minimum Gasteiger partial charge on any atom is -0.491 e. The molecule has 37 heavy (non-hydrogen) atoms. The smallest absolute Gasteiger partial charge is 0.437 e. The minimum absolute atomic E-state index is 0.0711. The van der Waals surface area contributed by atoms with E-state index < -0.39 is 17.7 Å². The summed E-state index contributed by atoms with van der Waals surface area (Å²) < 4.78 is 59.7. The maximum absolute atomic E-state index is 13.2. The van der Waals surface area contributed by atoms with Gasteiger partial charge in [-0.05, 0) is 36.1 Å². The lowest BCUT2D eigenvalue weighted by Gasteiger charge is -2.20. The Morgan fingerprint density at radius 3 is 2.57 bits per heavy atom. The highest BCUT2D eigenvalue weighted by Crippen LogP contribution is 2.52. The zero-order chi connectivity index (χ0) is 25.9. The summed E-state index contributed by atoms with van der Waals surface area (Å²) in [7, 11) is 1.71. The number of carbonyl (C=O) groups excluding carboxylic acids is 1. The summed E-state index contributed by atoms with van der Waals surface area (Å²) in [6.07, 6.45) is -1.05. The highest BCUT2D eigenvalue weighted by molar-refractivity contribution is 5.93. The van der Waals surface area contributed by atoms with E-state index in [1.165, 1.54) is 30.5 Å². The number of imidazole rings is 1. The average molecular weight is 513 g/mol. The predicted octanol–water partition coefficient (Wildman–Crippen LogP) is 3.38. The van der Waals surface area contributed by atoms with Crippen LogP contribution in [-0.2, 0) is 13.2 Å². The van der Waals surface area contributed by atoms with Crippen molar-refractivity contribution in [1.82, 2.24) is 34.4 Å². The minimum atomic E-state index is -4.59. The first-order chi connectivity index (χ1) is 17.7. The van der Waals surface area contributed by atoms with Crippen molar-refractivity contribution in [3.63, 3.8) is 0 Å². The molecule has 1 aliphatic carbocycles. The van der Waals surface area contributed by atoms with E-state index in [1.807, 2.05) is 0 Å². The van der Waals surface area contributed by atoms with Gasteiger partial charge in [0.25, 0.3) is 5.91 Å². The summed E-state index contributed by atoms with van der Waals surface area (Å²) in [5, 5.41) is 0. The Bertz CT molecular complexity index is 1490. The van der Waals surface area contributed by atoms with Crippen molar-refractivity contribution >= 4 is 17.2 Å². The number of pyridine rings is 2. The quantitative estimate of drug-likeness (QED) is 0.378. The number of amides is 1. The molecule has 1 unspecified atom stereocenters. The SMILES string of the molecule is Cn1c(-c2ccc(F)cn2)nc2ncc(C(=O)N3C[C@@H]4C(COc5cccnc5C(F)(F)F)[C@@H]4C3)nc21. The van der Waals surface area contributed by atoms with Crippen molar-refractivity contribution in [3.05, 3.63) is 60.1 Å². The fourth-order valence-corrected chi connectivity index (χ4v) is 4.92. The summed E-state index contributed by atoms with van der Waals surface area (Å²) in [4.78, 5) is 35.3. The van der Waals surface area contributed by atoms with E-state index in [1.54, 1.807) is 16.5 Å². The molecule has 0 aromatic carbocycles. The summed E-state index contributed by atoms with van der Waals surface area (Å²) in [5.74, 6) is -0.224. The number of likely N-dealkylation sites (tertiary alicyclic amines) is 1. The number of nitrogens with zero attached hydrogens (tertiary/aromatic N) is 7. The van der Waals surface area contributed by atoms with Crippen molar-refractivity contribution in [2.24, 2.45) is 24.8 Å². The van der Waals surface area contributed by atoms with Crippen LogP contribution in [-0.4, -0.2) is 60.0 Å². The lowest BCUT2D eigenvalue weighted by Crippen LogP contribution is -2.33. The molecule has 1 saturated heterocycles. The fourth-order valence-electron chi connectivity index (χ4n) is 4.92. The second-order valence-electron chi connectivity index (χ2n) is 9.12. The largest absolute Gasteiger partial charge is 0.491 e. The normalized spacial score (nSPS) is 20.8. The Kier molecular flexibility index (Phi) is 5.31. The number of carbonyl (C=O) groups is 1. The van der Waals surface area contributed by atoms with Gasteiger partial charge in [0.2, 0.25) is 0 Å². The van der Waals surface area contributed by atoms with Crippen LogP contribution in [0.5, 0.6) is 5.75 Å². The van der Waals surface area contributed by atoms with E-state index in [2.05, 4.69) is 24.9 Å². The van der Waals surface area contributed by atoms with Crippen LogP contribution in [0.15, 0.2) is 42.9 Å². The molecule has 4 aromatic heterocycles. The van der Waals surface area contributed by atoms with Crippen LogP contribution in [0.3, 0.4) is 0 Å². The van der Waals surface area contributed by atoms with E-state index in [0.29, 0.717) is 35.9 Å². The molecule has 1 amide bonds. The van der Waals surface area contributed by atoms with E-state index in [9.17, 15) is 22.4 Å². The third-order valence-electron chi connectivity index (χ3n) is 6.89. The van der Waals surface area contributed by atoms with Gasteiger partial charge >= 0.3 is 6.18 Å². The summed E-state index contributed by atoms with van der Waals surface area (Å²) in [6, 6.07) is 5.44. The predicted molar refractivity (Wildman–Crippen MR) is 121 cm³/mol. The number of fused-ring (bicyclic) bond motifs is 2. The summed E-state index contributed by atoms with van der Waals surface area (Å²) in [6.45, 7) is 1.06. The monoisotopic (exact) mass is 513 g/mol. The van der Waals surface area contributed by atoms with Gasteiger partial charge in [0, 0.05) is 32.3 Å². The number of ether oxygens (including phenoxy) is 1. The van der Waals surface area contributed by atoms with Gasteiger partial charge < -0.3 is 14.2 Å². The Morgan fingerprint density at radius 1 is 1.08 bits per heavy atom. The number of piperidine rings is 1. The lowest BCUT2D eigenvalue weighted by molar-refractivity contribution is -0.142. The van der Waals surface area contributed by atoms with Crippen molar-refractivity contribution in [2.75, 3.05) is 19.7 Å². The number of aryl methyl sites for hydroxylation is 1. The molecule has 190 valence electrons. The topological polar surface area (TPSA) is 98.9 Å². The molecule has 2 fully saturated rings. The molecule has 0 spiro atoms. The molecule has 5 heterocycles.